The summed E-state index contributed by atoms with van der Waals surface area (Å²) in [5.41, 5.74) is 0. The first-order valence-corrected chi connectivity index (χ1v) is 5.23. The lowest BCUT2D eigenvalue weighted by Gasteiger charge is -2.13. The van der Waals surface area contributed by atoms with Crippen molar-refractivity contribution in [1.29, 1.82) is 0 Å². The van der Waals surface area contributed by atoms with Gasteiger partial charge in [-0.2, -0.15) is 0 Å². The second-order valence-corrected chi connectivity index (χ2v) is 3.84. The molecule has 1 unspecified atom stereocenters. The molecule has 0 saturated heterocycles. The van der Waals surface area contributed by atoms with Crippen LogP contribution < -0.4 is 5.32 Å². The van der Waals surface area contributed by atoms with Crippen LogP contribution in [-0.4, -0.2) is 35.7 Å². The molecule has 0 spiro atoms. The summed E-state index contributed by atoms with van der Waals surface area (Å²) in [6, 6.07) is 0.251. The monoisotopic (exact) mass is 215 g/mol. The fourth-order valence-corrected chi connectivity index (χ4v) is 1.61. The van der Waals surface area contributed by atoms with Gasteiger partial charge in [-0.05, 0) is 19.8 Å². The molecule has 86 valence electrons. The molecule has 0 aromatic carbocycles. The highest BCUT2D eigenvalue weighted by Gasteiger charge is 2.18. The minimum atomic E-state index is -1.05. The molecule has 1 atom stereocenters. The van der Waals surface area contributed by atoms with Crippen molar-refractivity contribution >= 4 is 11.9 Å². The summed E-state index contributed by atoms with van der Waals surface area (Å²) in [6.45, 7) is 1.23. The van der Waals surface area contributed by atoms with Gasteiger partial charge in [0.05, 0.1) is 0 Å². The molecule has 1 rings (SSSR count). The predicted octanol–water partition coefficient (Wildman–Crippen LogP) is 0.535. The highest BCUT2D eigenvalue weighted by Crippen LogP contribution is 2.17. The molecule has 1 saturated carbocycles. The summed E-state index contributed by atoms with van der Waals surface area (Å²) < 4.78 is 4.86. The third-order valence-electron chi connectivity index (χ3n) is 2.53. The van der Waals surface area contributed by atoms with Crippen molar-refractivity contribution in [2.75, 3.05) is 6.61 Å². The molecule has 0 heterocycles. The van der Waals surface area contributed by atoms with Gasteiger partial charge in [0.1, 0.15) is 6.61 Å². The van der Waals surface area contributed by atoms with Gasteiger partial charge in [-0.25, -0.2) is 4.79 Å². The fraction of sp³-hybridized carbons (Fsp3) is 0.800. The Balaban J connectivity index is 2.15. The largest absolute Gasteiger partial charge is 0.479 e. The van der Waals surface area contributed by atoms with Crippen LogP contribution in [0.3, 0.4) is 0 Å². The standard InChI is InChI=1S/C10H17NO4/c1-7(10(13)14)15-6-9(12)11-8-4-2-3-5-8/h7-8H,2-6H2,1H3,(H,11,12)(H,13,14). The average molecular weight is 215 g/mol. The van der Waals surface area contributed by atoms with Gasteiger partial charge < -0.3 is 15.2 Å². The third-order valence-corrected chi connectivity index (χ3v) is 2.53. The Bertz CT molecular complexity index is 236. The SMILES string of the molecule is CC(OCC(=O)NC1CCCC1)C(=O)O. The van der Waals surface area contributed by atoms with Crippen LogP contribution in [-0.2, 0) is 14.3 Å². The van der Waals surface area contributed by atoms with Gasteiger partial charge in [-0.3, -0.25) is 4.79 Å². The van der Waals surface area contributed by atoms with E-state index in [1.165, 1.54) is 6.92 Å². The lowest BCUT2D eigenvalue weighted by molar-refractivity contribution is -0.150. The van der Waals surface area contributed by atoms with Gasteiger partial charge in [-0.15, -0.1) is 0 Å². The summed E-state index contributed by atoms with van der Waals surface area (Å²) >= 11 is 0. The molecule has 0 radical (unpaired) electrons. The highest BCUT2D eigenvalue weighted by atomic mass is 16.5. The highest BCUT2D eigenvalue weighted by molar-refractivity contribution is 5.78. The molecule has 1 amide bonds. The Kier molecular flexibility index (Phi) is 4.55. The Labute approximate surface area is 88.8 Å². The molecule has 5 nitrogen and oxygen atoms in total. The van der Waals surface area contributed by atoms with Gasteiger partial charge in [0.2, 0.25) is 5.91 Å². The number of amides is 1. The molecule has 2 N–H and O–H groups in total. The smallest absolute Gasteiger partial charge is 0.332 e. The van der Waals surface area contributed by atoms with Crippen molar-refractivity contribution in [2.24, 2.45) is 0 Å². The molecular formula is C10H17NO4. The van der Waals surface area contributed by atoms with Crippen molar-refractivity contribution in [3.05, 3.63) is 0 Å². The van der Waals surface area contributed by atoms with Crippen LogP contribution in [0.15, 0.2) is 0 Å². The first kappa shape index (κ1) is 12.0. The van der Waals surface area contributed by atoms with E-state index in [0.29, 0.717) is 0 Å². The lowest BCUT2D eigenvalue weighted by atomic mass is 10.2. The van der Waals surface area contributed by atoms with Crippen molar-refractivity contribution < 1.29 is 19.4 Å². The maximum atomic E-state index is 11.3. The van der Waals surface area contributed by atoms with Crippen LogP contribution in [0.25, 0.3) is 0 Å². The van der Waals surface area contributed by atoms with E-state index in [1.807, 2.05) is 0 Å². The maximum Gasteiger partial charge on any atom is 0.332 e. The molecule has 0 bridgehead atoms. The Morgan fingerprint density at radius 3 is 2.60 bits per heavy atom. The second-order valence-electron chi connectivity index (χ2n) is 3.84. The summed E-state index contributed by atoms with van der Waals surface area (Å²) in [5, 5.41) is 11.3. The van der Waals surface area contributed by atoms with E-state index in [0.717, 1.165) is 25.7 Å². The number of aliphatic carboxylic acids is 1. The van der Waals surface area contributed by atoms with E-state index < -0.39 is 12.1 Å². The molecule has 1 aliphatic carbocycles. The summed E-state index contributed by atoms with van der Waals surface area (Å²) in [6.07, 6.45) is 3.40. The van der Waals surface area contributed by atoms with E-state index >= 15 is 0 Å². The first-order valence-electron chi connectivity index (χ1n) is 5.23. The summed E-state index contributed by atoms with van der Waals surface area (Å²) in [4.78, 5) is 21.7. The molecule has 0 aromatic heterocycles. The van der Waals surface area contributed by atoms with Crippen LogP contribution in [0.2, 0.25) is 0 Å². The Hall–Kier alpha value is -1.10. The van der Waals surface area contributed by atoms with Gasteiger partial charge in [0.15, 0.2) is 6.10 Å². The molecule has 0 aliphatic heterocycles. The van der Waals surface area contributed by atoms with E-state index in [-0.39, 0.29) is 18.6 Å². The van der Waals surface area contributed by atoms with Crippen LogP contribution in [0.4, 0.5) is 0 Å². The lowest BCUT2D eigenvalue weighted by Crippen LogP contribution is -2.37. The van der Waals surface area contributed by atoms with Crippen LogP contribution >= 0.6 is 0 Å². The van der Waals surface area contributed by atoms with Crippen LogP contribution in [0.5, 0.6) is 0 Å². The van der Waals surface area contributed by atoms with E-state index in [2.05, 4.69) is 5.32 Å². The van der Waals surface area contributed by atoms with Gasteiger partial charge in [-0.1, -0.05) is 12.8 Å². The number of rotatable bonds is 5. The first-order chi connectivity index (χ1) is 7.09. The molecular weight excluding hydrogens is 198 g/mol. The quantitative estimate of drug-likeness (QED) is 0.701. The number of hydrogen-bond donors (Lipinski definition) is 2. The van der Waals surface area contributed by atoms with Gasteiger partial charge in [0, 0.05) is 6.04 Å². The summed E-state index contributed by atoms with van der Waals surface area (Å²) in [5.74, 6) is -1.28. The Morgan fingerprint density at radius 2 is 2.07 bits per heavy atom. The topological polar surface area (TPSA) is 75.6 Å². The van der Waals surface area contributed by atoms with E-state index in [4.69, 9.17) is 9.84 Å². The zero-order valence-corrected chi connectivity index (χ0v) is 8.86. The second kappa shape index (κ2) is 5.70. The number of carbonyl (C=O) groups excluding carboxylic acids is 1. The van der Waals surface area contributed by atoms with Crippen LogP contribution in [0, 0.1) is 0 Å². The van der Waals surface area contributed by atoms with Gasteiger partial charge >= 0.3 is 5.97 Å². The molecule has 5 heteroatoms. The van der Waals surface area contributed by atoms with Crippen LogP contribution in [0.1, 0.15) is 32.6 Å². The predicted molar refractivity (Wildman–Crippen MR) is 53.4 cm³/mol. The average Bonchev–Trinajstić information content (AvgIpc) is 2.66. The van der Waals surface area contributed by atoms with Crippen molar-refractivity contribution in [2.45, 2.75) is 44.8 Å². The maximum absolute atomic E-state index is 11.3. The number of carboxylic acid groups (broad SMARTS) is 1. The minimum Gasteiger partial charge on any atom is -0.479 e. The third kappa shape index (κ3) is 4.29. The fourth-order valence-electron chi connectivity index (χ4n) is 1.61. The van der Waals surface area contributed by atoms with E-state index in [1.54, 1.807) is 0 Å². The zero-order chi connectivity index (χ0) is 11.3. The number of ether oxygens (including phenoxy) is 1. The summed E-state index contributed by atoms with van der Waals surface area (Å²) in [7, 11) is 0. The molecule has 15 heavy (non-hydrogen) atoms. The molecule has 1 fully saturated rings. The molecule has 0 aromatic rings. The number of carbonyl (C=O) groups is 2. The van der Waals surface area contributed by atoms with Crippen molar-refractivity contribution in [1.82, 2.24) is 5.32 Å². The van der Waals surface area contributed by atoms with Crippen molar-refractivity contribution in [3.8, 4) is 0 Å². The number of carboxylic acids is 1. The normalized spacial score (nSPS) is 18.7. The number of nitrogens with one attached hydrogen (secondary N) is 1. The zero-order valence-electron chi connectivity index (χ0n) is 8.86. The molecule has 1 aliphatic rings. The number of hydrogen-bond acceptors (Lipinski definition) is 3. The van der Waals surface area contributed by atoms with Crippen molar-refractivity contribution in [3.63, 3.8) is 0 Å². The Morgan fingerprint density at radius 1 is 1.47 bits per heavy atom. The minimum absolute atomic E-state index is 0.177. The van der Waals surface area contributed by atoms with Gasteiger partial charge in [0.25, 0.3) is 0 Å². The van der Waals surface area contributed by atoms with E-state index in [9.17, 15) is 9.59 Å².